The summed E-state index contributed by atoms with van der Waals surface area (Å²) in [5.74, 6) is -0.978. The zero-order chi connectivity index (χ0) is 18.9. The van der Waals surface area contributed by atoms with E-state index >= 15 is 0 Å². The Balaban J connectivity index is 1.94. The zero-order valence-corrected chi connectivity index (χ0v) is 16.0. The highest BCUT2D eigenvalue weighted by Gasteiger charge is 2.16. The van der Waals surface area contributed by atoms with Gasteiger partial charge in [-0.15, -0.1) is 0 Å². The lowest BCUT2D eigenvalue weighted by Crippen LogP contribution is -2.32. The number of hydrogen-bond donors (Lipinski definition) is 1. The monoisotopic (exact) mass is 414 g/mol. The predicted octanol–water partition coefficient (Wildman–Crippen LogP) is 3.94. The molecule has 0 spiro atoms. The molecule has 0 bridgehead atoms. The second-order valence-corrected chi connectivity index (χ2v) is 6.56. The van der Waals surface area contributed by atoms with Crippen molar-refractivity contribution in [3.05, 3.63) is 69.7 Å². The van der Waals surface area contributed by atoms with Crippen LogP contribution < -0.4 is 5.32 Å². The van der Waals surface area contributed by atoms with Crippen LogP contribution in [0.15, 0.2) is 53.0 Å². The SMILES string of the molecule is CC[C@@H](NC(=O)COC(=O)c1ccccc1CC#N)c1ccc(Br)cc1. The molecule has 2 aromatic rings. The van der Waals surface area contributed by atoms with E-state index in [1.165, 1.54) is 0 Å². The van der Waals surface area contributed by atoms with Gasteiger partial charge in [0.1, 0.15) is 0 Å². The normalized spacial score (nSPS) is 11.3. The number of rotatable bonds is 7. The van der Waals surface area contributed by atoms with Gasteiger partial charge in [0.05, 0.1) is 24.1 Å². The number of nitrogens with one attached hydrogen (secondary N) is 1. The van der Waals surface area contributed by atoms with Crippen LogP contribution in [0.2, 0.25) is 0 Å². The van der Waals surface area contributed by atoms with Gasteiger partial charge in [0, 0.05) is 4.47 Å². The minimum atomic E-state index is -0.609. The van der Waals surface area contributed by atoms with Crippen LogP contribution in [-0.4, -0.2) is 18.5 Å². The first-order valence-corrected chi connectivity index (χ1v) is 9.01. The van der Waals surface area contributed by atoms with Crippen molar-refractivity contribution in [3.63, 3.8) is 0 Å². The summed E-state index contributed by atoms with van der Waals surface area (Å²) in [5.41, 5.74) is 1.87. The molecule has 0 aromatic heterocycles. The maximum atomic E-state index is 12.2. The summed E-state index contributed by atoms with van der Waals surface area (Å²) in [6.07, 6.45) is 0.825. The zero-order valence-electron chi connectivity index (χ0n) is 14.4. The Morgan fingerprint density at radius 1 is 1.19 bits per heavy atom. The predicted molar refractivity (Wildman–Crippen MR) is 101 cm³/mol. The van der Waals surface area contributed by atoms with Gasteiger partial charge in [-0.05, 0) is 35.7 Å². The molecule has 0 aliphatic heterocycles. The number of nitrogens with zero attached hydrogens (tertiary/aromatic N) is 1. The Bertz CT molecular complexity index is 813. The molecule has 0 radical (unpaired) electrons. The number of benzene rings is 2. The summed E-state index contributed by atoms with van der Waals surface area (Å²) < 4.78 is 6.07. The average Bonchev–Trinajstić information content (AvgIpc) is 2.65. The molecule has 134 valence electrons. The highest BCUT2D eigenvalue weighted by Crippen LogP contribution is 2.19. The van der Waals surface area contributed by atoms with Crippen molar-refractivity contribution in [2.24, 2.45) is 0 Å². The molecule has 5 nitrogen and oxygen atoms in total. The Labute approximate surface area is 161 Å². The van der Waals surface area contributed by atoms with Crippen LogP contribution in [0.5, 0.6) is 0 Å². The van der Waals surface area contributed by atoms with E-state index in [1.807, 2.05) is 37.3 Å². The van der Waals surface area contributed by atoms with Crippen molar-refractivity contribution in [2.45, 2.75) is 25.8 Å². The molecule has 0 unspecified atom stereocenters. The van der Waals surface area contributed by atoms with E-state index in [-0.39, 0.29) is 25.0 Å². The molecule has 2 aromatic carbocycles. The van der Waals surface area contributed by atoms with Gasteiger partial charge in [-0.2, -0.15) is 5.26 Å². The maximum absolute atomic E-state index is 12.2. The Morgan fingerprint density at radius 2 is 1.88 bits per heavy atom. The number of halogens is 1. The highest BCUT2D eigenvalue weighted by atomic mass is 79.9. The largest absolute Gasteiger partial charge is 0.452 e. The standard InChI is InChI=1S/C20H19BrN2O3/c1-2-18(15-7-9-16(21)10-8-15)23-19(24)13-26-20(25)17-6-4-3-5-14(17)11-12-22/h3-10,18H,2,11,13H2,1H3,(H,23,24)/t18-/m1/s1. The molecule has 0 heterocycles. The van der Waals surface area contributed by atoms with Gasteiger partial charge in [0.25, 0.3) is 5.91 Å². The van der Waals surface area contributed by atoms with Gasteiger partial charge < -0.3 is 10.1 Å². The van der Waals surface area contributed by atoms with E-state index < -0.39 is 5.97 Å². The van der Waals surface area contributed by atoms with Gasteiger partial charge in [-0.3, -0.25) is 4.79 Å². The first-order chi connectivity index (χ1) is 12.5. The average molecular weight is 415 g/mol. The van der Waals surface area contributed by atoms with Crippen molar-refractivity contribution < 1.29 is 14.3 Å². The van der Waals surface area contributed by atoms with Gasteiger partial charge in [-0.25, -0.2) is 4.79 Å². The van der Waals surface area contributed by atoms with Gasteiger partial charge in [0.2, 0.25) is 0 Å². The number of nitriles is 1. The van der Waals surface area contributed by atoms with Gasteiger partial charge in [0.15, 0.2) is 6.61 Å². The van der Waals surface area contributed by atoms with Crippen molar-refractivity contribution in [3.8, 4) is 6.07 Å². The smallest absolute Gasteiger partial charge is 0.338 e. The fourth-order valence-electron chi connectivity index (χ4n) is 2.52. The van der Waals surface area contributed by atoms with Crippen LogP contribution in [-0.2, 0) is 16.0 Å². The van der Waals surface area contributed by atoms with E-state index in [9.17, 15) is 9.59 Å². The summed E-state index contributed by atoms with van der Waals surface area (Å²) in [7, 11) is 0. The number of amides is 1. The van der Waals surface area contributed by atoms with Crippen LogP contribution in [0.4, 0.5) is 0 Å². The molecule has 26 heavy (non-hydrogen) atoms. The molecule has 0 aliphatic carbocycles. The lowest BCUT2D eigenvalue weighted by Gasteiger charge is -2.17. The lowest BCUT2D eigenvalue weighted by atomic mass is 10.0. The number of esters is 1. The van der Waals surface area contributed by atoms with Crippen molar-refractivity contribution in [1.82, 2.24) is 5.32 Å². The third-order valence-electron chi connectivity index (χ3n) is 3.86. The molecule has 2 rings (SSSR count). The van der Waals surface area contributed by atoms with E-state index in [2.05, 4.69) is 21.2 Å². The maximum Gasteiger partial charge on any atom is 0.338 e. The third kappa shape index (κ3) is 5.43. The quantitative estimate of drug-likeness (QED) is 0.695. The molecule has 1 N–H and O–H groups in total. The second-order valence-electron chi connectivity index (χ2n) is 5.65. The Hall–Kier alpha value is -2.65. The lowest BCUT2D eigenvalue weighted by molar-refractivity contribution is -0.125. The van der Waals surface area contributed by atoms with E-state index in [4.69, 9.17) is 10.00 Å². The van der Waals surface area contributed by atoms with Crippen LogP contribution in [0.3, 0.4) is 0 Å². The fraction of sp³-hybridized carbons (Fsp3) is 0.250. The second kappa shape index (κ2) is 9.73. The third-order valence-corrected chi connectivity index (χ3v) is 4.39. The Morgan fingerprint density at radius 3 is 2.54 bits per heavy atom. The highest BCUT2D eigenvalue weighted by molar-refractivity contribution is 9.10. The van der Waals surface area contributed by atoms with Crippen molar-refractivity contribution in [1.29, 1.82) is 5.26 Å². The minimum absolute atomic E-state index is 0.110. The summed E-state index contributed by atoms with van der Waals surface area (Å²) >= 11 is 3.38. The summed E-state index contributed by atoms with van der Waals surface area (Å²) in [4.78, 5) is 24.3. The fourth-order valence-corrected chi connectivity index (χ4v) is 2.78. The molecule has 6 heteroatoms. The molecular formula is C20H19BrN2O3. The molecule has 0 saturated carbocycles. The van der Waals surface area contributed by atoms with Crippen molar-refractivity contribution in [2.75, 3.05) is 6.61 Å². The summed E-state index contributed by atoms with van der Waals surface area (Å²) in [6.45, 7) is 1.60. The molecule has 0 fully saturated rings. The summed E-state index contributed by atoms with van der Waals surface area (Å²) in [5, 5.41) is 11.7. The summed E-state index contributed by atoms with van der Waals surface area (Å²) in [6, 6.07) is 16.3. The van der Waals surface area contributed by atoms with Crippen molar-refractivity contribution >= 4 is 27.8 Å². The van der Waals surface area contributed by atoms with Gasteiger partial charge in [-0.1, -0.05) is 53.2 Å². The van der Waals surface area contributed by atoms with E-state index in [0.717, 1.165) is 10.0 Å². The number of ether oxygens (including phenoxy) is 1. The van der Waals surface area contributed by atoms with Crippen LogP contribution in [0.25, 0.3) is 0 Å². The van der Waals surface area contributed by atoms with E-state index in [1.54, 1.807) is 24.3 Å². The first-order valence-electron chi connectivity index (χ1n) is 8.22. The molecule has 0 saturated heterocycles. The van der Waals surface area contributed by atoms with Gasteiger partial charge >= 0.3 is 5.97 Å². The topological polar surface area (TPSA) is 79.2 Å². The molecule has 1 atom stereocenters. The molecule has 1 amide bonds. The first kappa shape index (κ1) is 19.7. The number of carbonyl (C=O) groups is 2. The van der Waals surface area contributed by atoms with Crippen LogP contribution in [0, 0.1) is 11.3 Å². The molecule has 0 aliphatic rings. The van der Waals surface area contributed by atoms with E-state index in [0.29, 0.717) is 17.5 Å². The van der Waals surface area contributed by atoms with Crippen LogP contribution in [0.1, 0.15) is 40.9 Å². The number of hydrogen-bond acceptors (Lipinski definition) is 4. The minimum Gasteiger partial charge on any atom is -0.452 e. The Kier molecular flexibility index (Phi) is 7.37. The number of carbonyl (C=O) groups excluding carboxylic acids is 2. The molecular weight excluding hydrogens is 396 g/mol. The van der Waals surface area contributed by atoms with Crippen LogP contribution >= 0.6 is 15.9 Å².